The highest BCUT2D eigenvalue weighted by molar-refractivity contribution is 8.32. The van der Waals surface area contributed by atoms with Crippen LogP contribution in [0.15, 0.2) is 12.7 Å². The molecule has 5 heteroatoms. The van der Waals surface area contributed by atoms with Crippen molar-refractivity contribution in [2.75, 3.05) is 6.54 Å². The van der Waals surface area contributed by atoms with Crippen molar-refractivity contribution in [2.24, 2.45) is 0 Å². The molecule has 0 aliphatic rings. The summed E-state index contributed by atoms with van der Waals surface area (Å²) in [6, 6.07) is 0. The quantitative estimate of drug-likeness (QED) is 0.448. The molecule has 0 aromatic heterocycles. The van der Waals surface area contributed by atoms with Crippen LogP contribution in [-0.2, 0) is 4.74 Å². The molecule has 0 bridgehead atoms. The summed E-state index contributed by atoms with van der Waals surface area (Å²) in [5, 5.41) is 2.43. The molecule has 0 aromatic rings. The molecular weight excluding hydrogens is 206 g/mol. The largest absolute Gasteiger partial charge is 0.455 e. The predicted molar refractivity (Wildman–Crippen MR) is 60.0 cm³/mol. The lowest BCUT2D eigenvalue weighted by molar-refractivity contribution is 0.143. The molecule has 0 saturated carbocycles. The number of thiocarbonyl (C=S) groups is 1. The fourth-order valence-corrected chi connectivity index (χ4v) is 1.32. The van der Waals surface area contributed by atoms with Crippen LogP contribution in [-0.4, -0.2) is 22.3 Å². The minimum Gasteiger partial charge on any atom is -0.455 e. The van der Waals surface area contributed by atoms with Crippen molar-refractivity contribution in [1.82, 2.24) is 5.32 Å². The summed E-state index contributed by atoms with van der Waals surface area (Å²) in [7, 11) is 0. The molecule has 0 heterocycles. The van der Waals surface area contributed by atoms with Crippen molar-refractivity contribution < 1.29 is 9.53 Å². The van der Waals surface area contributed by atoms with E-state index in [1.807, 2.05) is 0 Å². The van der Waals surface area contributed by atoms with Crippen molar-refractivity contribution in [1.29, 1.82) is 0 Å². The van der Waals surface area contributed by atoms with Gasteiger partial charge in [-0.15, -0.1) is 6.58 Å². The molecule has 0 spiro atoms. The lowest BCUT2D eigenvalue weighted by Crippen LogP contribution is -2.20. The first-order valence-corrected chi connectivity index (χ1v) is 5.06. The standard InChI is InChI=1S/C8H13NO2S2/c1-4-5-9-7(12)13-8(10)11-6(2)3/h4,6H,1,5H2,2-3H3,(H,9,12). The Morgan fingerprint density at radius 2 is 2.38 bits per heavy atom. The van der Waals surface area contributed by atoms with E-state index in [-0.39, 0.29) is 11.4 Å². The minimum atomic E-state index is -0.378. The van der Waals surface area contributed by atoms with Crippen molar-refractivity contribution >= 4 is 33.6 Å². The van der Waals surface area contributed by atoms with Crippen LogP contribution < -0.4 is 5.32 Å². The summed E-state index contributed by atoms with van der Waals surface area (Å²) in [5.41, 5.74) is 0. The molecule has 0 aliphatic carbocycles. The number of thioether (sulfide) groups is 1. The van der Waals surface area contributed by atoms with Gasteiger partial charge in [-0.05, 0) is 13.8 Å². The molecule has 0 aromatic carbocycles. The van der Waals surface area contributed by atoms with E-state index < -0.39 is 0 Å². The molecule has 1 N–H and O–H groups in total. The van der Waals surface area contributed by atoms with Gasteiger partial charge in [0.25, 0.3) is 0 Å². The molecule has 0 atom stereocenters. The fourth-order valence-electron chi connectivity index (χ4n) is 0.484. The molecule has 74 valence electrons. The van der Waals surface area contributed by atoms with Crippen LogP contribution in [0.5, 0.6) is 0 Å². The number of hydrogen-bond acceptors (Lipinski definition) is 4. The SMILES string of the molecule is C=CCNC(=S)SC(=O)OC(C)C. The summed E-state index contributed by atoms with van der Waals surface area (Å²) in [6.07, 6.45) is 1.56. The molecular formula is C8H13NO2S2. The van der Waals surface area contributed by atoms with Crippen molar-refractivity contribution in [2.45, 2.75) is 20.0 Å². The van der Waals surface area contributed by atoms with Crippen LogP contribution in [0.1, 0.15) is 13.8 Å². The molecule has 0 rings (SSSR count). The first-order valence-electron chi connectivity index (χ1n) is 3.83. The van der Waals surface area contributed by atoms with Gasteiger partial charge in [-0.2, -0.15) is 0 Å². The zero-order valence-electron chi connectivity index (χ0n) is 7.70. The second kappa shape index (κ2) is 6.91. The maximum absolute atomic E-state index is 11.0. The zero-order chi connectivity index (χ0) is 10.3. The highest BCUT2D eigenvalue weighted by atomic mass is 32.2. The second-order valence-electron chi connectivity index (χ2n) is 2.48. The molecule has 0 fully saturated rings. The summed E-state index contributed by atoms with van der Waals surface area (Å²) in [4.78, 5) is 11.0. The Morgan fingerprint density at radius 1 is 1.77 bits per heavy atom. The molecule has 0 radical (unpaired) electrons. The van der Waals surface area contributed by atoms with Gasteiger partial charge in [-0.25, -0.2) is 4.79 Å². The third-order valence-corrected chi connectivity index (χ3v) is 1.89. The van der Waals surface area contributed by atoms with E-state index in [4.69, 9.17) is 17.0 Å². The van der Waals surface area contributed by atoms with E-state index in [9.17, 15) is 4.79 Å². The normalized spacial score (nSPS) is 9.46. The van der Waals surface area contributed by atoms with E-state index >= 15 is 0 Å². The van der Waals surface area contributed by atoms with Crippen LogP contribution in [0.4, 0.5) is 4.79 Å². The van der Waals surface area contributed by atoms with Crippen LogP contribution in [0, 0.1) is 0 Å². The third kappa shape index (κ3) is 7.80. The number of carbonyl (C=O) groups is 1. The van der Waals surface area contributed by atoms with E-state index in [0.29, 0.717) is 10.9 Å². The molecule has 0 unspecified atom stereocenters. The number of hydrogen-bond donors (Lipinski definition) is 1. The predicted octanol–water partition coefficient (Wildman–Crippen LogP) is 2.33. The fraction of sp³-hybridized carbons (Fsp3) is 0.500. The highest BCUT2D eigenvalue weighted by Crippen LogP contribution is 2.08. The summed E-state index contributed by atoms with van der Waals surface area (Å²) in [6.45, 7) is 7.65. The molecule has 3 nitrogen and oxygen atoms in total. The topological polar surface area (TPSA) is 38.3 Å². The molecule has 0 aliphatic heterocycles. The molecule has 13 heavy (non-hydrogen) atoms. The van der Waals surface area contributed by atoms with Gasteiger partial charge in [-0.3, -0.25) is 0 Å². The average Bonchev–Trinajstić information content (AvgIpc) is 1.98. The van der Waals surface area contributed by atoms with Gasteiger partial charge in [0.1, 0.15) is 4.32 Å². The second-order valence-corrected chi connectivity index (χ2v) is 4.09. The van der Waals surface area contributed by atoms with Crippen molar-refractivity contribution in [3.63, 3.8) is 0 Å². The Hall–Kier alpha value is -0.550. The van der Waals surface area contributed by atoms with Gasteiger partial charge in [0, 0.05) is 18.3 Å². The van der Waals surface area contributed by atoms with Crippen LogP contribution in [0.3, 0.4) is 0 Å². The first kappa shape index (κ1) is 12.4. The number of carbonyl (C=O) groups excluding carboxylic acids is 1. The Bertz CT molecular complexity index is 204. The minimum absolute atomic E-state index is 0.109. The number of rotatable bonds is 3. The van der Waals surface area contributed by atoms with E-state index in [0.717, 1.165) is 11.8 Å². The van der Waals surface area contributed by atoms with Gasteiger partial charge in [0.15, 0.2) is 0 Å². The lowest BCUT2D eigenvalue weighted by Gasteiger charge is -2.07. The van der Waals surface area contributed by atoms with Crippen molar-refractivity contribution in [3.05, 3.63) is 12.7 Å². The summed E-state index contributed by atoms with van der Waals surface area (Å²) < 4.78 is 5.28. The Balaban J connectivity index is 3.65. The monoisotopic (exact) mass is 219 g/mol. The van der Waals surface area contributed by atoms with Crippen LogP contribution in [0.25, 0.3) is 0 Å². The van der Waals surface area contributed by atoms with Crippen molar-refractivity contribution in [3.8, 4) is 0 Å². The zero-order valence-corrected chi connectivity index (χ0v) is 9.33. The molecule has 0 amide bonds. The summed E-state index contributed by atoms with van der Waals surface area (Å²) >= 11 is 5.73. The smallest absolute Gasteiger partial charge is 0.374 e. The number of nitrogens with one attached hydrogen (secondary N) is 1. The van der Waals surface area contributed by atoms with Gasteiger partial charge in [-0.1, -0.05) is 18.3 Å². The maximum atomic E-state index is 11.0. The first-order chi connectivity index (χ1) is 6.06. The van der Waals surface area contributed by atoms with Gasteiger partial charge < -0.3 is 10.1 Å². The lowest BCUT2D eigenvalue weighted by atomic mass is 10.5. The Labute approximate surface area is 87.9 Å². The van der Waals surface area contributed by atoms with Gasteiger partial charge >= 0.3 is 5.30 Å². The Morgan fingerprint density at radius 3 is 2.85 bits per heavy atom. The van der Waals surface area contributed by atoms with Crippen LogP contribution >= 0.6 is 24.0 Å². The number of ether oxygens (including phenoxy) is 1. The molecule has 0 saturated heterocycles. The highest BCUT2D eigenvalue weighted by Gasteiger charge is 2.08. The van der Waals surface area contributed by atoms with E-state index in [1.165, 1.54) is 0 Å². The Kier molecular flexibility index (Phi) is 6.62. The maximum Gasteiger partial charge on any atom is 0.374 e. The van der Waals surface area contributed by atoms with Gasteiger partial charge in [0.2, 0.25) is 0 Å². The van der Waals surface area contributed by atoms with Gasteiger partial charge in [0.05, 0.1) is 6.10 Å². The van der Waals surface area contributed by atoms with E-state index in [1.54, 1.807) is 19.9 Å². The average molecular weight is 219 g/mol. The van der Waals surface area contributed by atoms with Crippen LogP contribution in [0.2, 0.25) is 0 Å². The third-order valence-electron chi connectivity index (χ3n) is 0.899. The van der Waals surface area contributed by atoms with E-state index in [2.05, 4.69) is 11.9 Å². The summed E-state index contributed by atoms with van der Waals surface area (Å²) in [5.74, 6) is 0.